The van der Waals surface area contributed by atoms with Crippen molar-refractivity contribution in [3.63, 3.8) is 0 Å². The minimum Gasteiger partial charge on any atom is -0.395 e. The van der Waals surface area contributed by atoms with Crippen LogP contribution in [0, 0.1) is 5.92 Å². The number of sulfonamides is 1. The Morgan fingerprint density at radius 2 is 2.00 bits per heavy atom. The molecule has 1 aliphatic rings. The molecule has 6 heteroatoms. The van der Waals surface area contributed by atoms with E-state index in [1.807, 2.05) is 13.8 Å². The summed E-state index contributed by atoms with van der Waals surface area (Å²) < 4.78 is 26.6. The highest BCUT2D eigenvalue weighted by Crippen LogP contribution is 2.30. The van der Waals surface area contributed by atoms with Gasteiger partial charge < -0.3 is 10.8 Å². The Morgan fingerprint density at radius 1 is 1.40 bits per heavy atom. The van der Waals surface area contributed by atoms with E-state index in [2.05, 4.69) is 0 Å². The second-order valence-electron chi connectivity index (χ2n) is 5.49. The van der Waals surface area contributed by atoms with Crippen LogP contribution in [0.5, 0.6) is 0 Å². The summed E-state index contributed by atoms with van der Waals surface area (Å²) in [6, 6.07) is 6.21. The van der Waals surface area contributed by atoms with Gasteiger partial charge in [-0.15, -0.1) is 0 Å². The third-order valence-electron chi connectivity index (χ3n) is 4.03. The van der Waals surface area contributed by atoms with Crippen molar-refractivity contribution in [3.8, 4) is 0 Å². The van der Waals surface area contributed by atoms with Gasteiger partial charge in [-0.25, -0.2) is 8.42 Å². The number of nitrogens with zero attached hydrogens (tertiary/aromatic N) is 1. The Labute approximate surface area is 120 Å². The maximum absolute atomic E-state index is 12.6. The van der Waals surface area contributed by atoms with Crippen LogP contribution in [-0.2, 0) is 10.0 Å². The molecule has 1 aliphatic heterocycles. The van der Waals surface area contributed by atoms with E-state index in [1.54, 1.807) is 24.3 Å². The molecular weight excluding hydrogens is 276 g/mol. The summed E-state index contributed by atoms with van der Waals surface area (Å²) in [5, 5.41) is 9.41. The number of benzene rings is 1. The molecule has 0 aliphatic carbocycles. The summed E-state index contributed by atoms with van der Waals surface area (Å²) in [5.74, 6) is 0.179. The van der Waals surface area contributed by atoms with Crippen molar-refractivity contribution in [1.82, 2.24) is 4.31 Å². The number of aliphatic hydroxyl groups is 1. The SMILES string of the molecule is CC(N)c1ccc(S(=O)(=O)N2CCC(C)C2CO)cc1. The molecule has 1 aromatic carbocycles. The third kappa shape index (κ3) is 2.74. The largest absolute Gasteiger partial charge is 0.395 e. The second-order valence-corrected chi connectivity index (χ2v) is 7.38. The maximum Gasteiger partial charge on any atom is 0.243 e. The van der Waals surface area contributed by atoms with Crippen molar-refractivity contribution in [1.29, 1.82) is 0 Å². The molecular formula is C14H22N2O3S. The molecule has 1 saturated heterocycles. The lowest BCUT2D eigenvalue weighted by Gasteiger charge is -2.24. The zero-order chi connectivity index (χ0) is 14.9. The normalized spacial score (nSPS) is 25.8. The van der Waals surface area contributed by atoms with E-state index in [1.165, 1.54) is 4.31 Å². The lowest BCUT2D eigenvalue weighted by Crippen LogP contribution is -2.39. The van der Waals surface area contributed by atoms with Crippen LogP contribution < -0.4 is 5.73 Å². The van der Waals surface area contributed by atoms with Gasteiger partial charge in [0, 0.05) is 12.6 Å². The zero-order valence-corrected chi connectivity index (χ0v) is 12.7. The fourth-order valence-corrected chi connectivity index (χ4v) is 4.35. The second kappa shape index (κ2) is 5.81. The van der Waals surface area contributed by atoms with Crippen LogP contribution in [0.15, 0.2) is 29.2 Å². The lowest BCUT2D eigenvalue weighted by atomic mass is 10.0. The quantitative estimate of drug-likeness (QED) is 0.872. The number of hydrogen-bond acceptors (Lipinski definition) is 4. The van der Waals surface area contributed by atoms with Gasteiger partial charge in [-0.1, -0.05) is 19.1 Å². The summed E-state index contributed by atoms with van der Waals surface area (Å²) in [5.41, 5.74) is 6.66. The van der Waals surface area contributed by atoms with Crippen molar-refractivity contribution in [2.24, 2.45) is 11.7 Å². The van der Waals surface area contributed by atoms with Crippen LogP contribution >= 0.6 is 0 Å². The smallest absolute Gasteiger partial charge is 0.243 e. The third-order valence-corrected chi connectivity index (χ3v) is 5.97. The molecule has 1 aromatic rings. The fourth-order valence-electron chi connectivity index (χ4n) is 2.62. The van der Waals surface area contributed by atoms with E-state index in [4.69, 9.17) is 5.73 Å². The standard InChI is InChI=1S/C14H22N2O3S/c1-10-7-8-16(14(10)9-17)20(18,19)13-5-3-12(4-6-13)11(2)15/h3-6,10-11,14,17H,7-9,15H2,1-2H3. The minimum atomic E-state index is -3.54. The summed E-state index contributed by atoms with van der Waals surface area (Å²) >= 11 is 0. The minimum absolute atomic E-state index is 0.122. The van der Waals surface area contributed by atoms with Gasteiger partial charge in [0.05, 0.1) is 17.5 Å². The first-order valence-corrected chi connectivity index (χ1v) is 8.30. The molecule has 112 valence electrons. The van der Waals surface area contributed by atoms with E-state index in [0.717, 1.165) is 12.0 Å². The first-order valence-electron chi connectivity index (χ1n) is 6.86. The Bertz CT molecular complexity index is 554. The van der Waals surface area contributed by atoms with E-state index >= 15 is 0 Å². The molecule has 3 atom stereocenters. The molecule has 0 radical (unpaired) electrons. The van der Waals surface area contributed by atoms with Crippen molar-refractivity contribution in [3.05, 3.63) is 29.8 Å². The van der Waals surface area contributed by atoms with Gasteiger partial charge in [0.25, 0.3) is 0 Å². The number of nitrogens with two attached hydrogens (primary N) is 1. The van der Waals surface area contributed by atoms with Gasteiger partial charge in [-0.05, 0) is 37.0 Å². The molecule has 20 heavy (non-hydrogen) atoms. The van der Waals surface area contributed by atoms with Gasteiger partial charge >= 0.3 is 0 Å². The molecule has 0 aromatic heterocycles. The van der Waals surface area contributed by atoms with Gasteiger partial charge in [0.2, 0.25) is 10.0 Å². The van der Waals surface area contributed by atoms with Crippen molar-refractivity contribution in [2.75, 3.05) is 13.2 Å². The average Bonchev–Trinajstić information content (AvgIpc) is 2.80. The van der Waals surface area contributed by atoms with Crippen molar-refractivity contribution >= 4 is 10.0 Å². The highest BCUT2D eigenvalue weighted by molar-refractivity contribution is 7.89. The van der Waals surface area contributed by atoms with E-state index < -0.39 is 10.0 Å². The fraction of sp³-hybridized carbons (Fsp3) is 0.571. The van der Waals surface area contributed by atoms with Crippen LogP contribution in [0.3, 0.4) is 0 Å². The topological polar surface area (TPSA) is 83.6 Å². The molecule has 0 bridgehead atoms. The zero-order valence-electron chi connectivity index (χ0n) is 11.9. The average molecular weight is 298 g/mol. The molecule has 5 nitrogen and oxygen atoms in total. The summed E-state index contributed by atoms with van der Waals surface area (Å²) in [6.07, 6.45) is 0.780. The monoisotopic (exact) mass is 298 g/mol. The van der Waals surface area contributed by atoms with Crippen molar-refractivity contribution < 1.29 is 13.5 Å². The molecule has 1 fully saturated rings. The molecule has 3 N–H and O–H groups in total. The highest BCUT2D eigenvalue weighted by atomic mass is 32.2. The number of rotatable bonds is 4. The first-order chi connectivity index (χ1) is 9.37. The van der Waals surface area contributed by atoms with Crippen LogP contribution in [0.25, 0.3) is 0 Å². The molecule has 0 amide bonds. The van der Waals surface area contributed by atoms with Gasteiger partial charge in [-0.3, -0.25) is 0 Å². The lowest BCUT2D eigenvalue weighted by molar-refractivity contribution is 0.191. The van der Waals surface area contributed by atoms with Crippen LogP contribution in [0.1, 0.15) is 31.9 Å². The highest BCUT2D eigenvalue weighted by Gasteiger charge is 2.39. The number of aliphatic hydroxyl groups excluding tert-OH is 1. The number of hydrogen-bond donors (Lipinski definition) is 2. The van der Waals surface area contributed by atoms with E-state index in [-0.39, 0.29) is 29.5 Å². The first kappa shape index (κ1) is 15.4. The van der Waals surface area contributed by atoms with E-state index in [9.17, 15) is 13.5 Å². The van der Waals surface area contributed by atoms with Crippen LogP contribution in [0.2, 0.25) is 0 Å². The van der Waals surface area contributed by atoms with Gasteiger partial charge in [-0.2, -0.15) is 4.31 Å². The Morgan fingerprint density at radius 3 is 2.50 bits per heavy atom. The van der Waals surface area contributed by atoms with Gasteiger partial charge in [0.15, 0.2) is 0 Å². The van der Waals surface area contributed by atoms with Crippen LogP contribution in [0.4, 0.5) is 0 Å². The Balaban J connectivity index is 2.30. The molecule has 3 unspecified atom stereocenters. The summed E-state index contributed by atoms with van der Waals surface area (Å²) in [4.78, 5) is 0.259. The summed E-state index contributed by atoms with van der Waals surface area (Å²) in [6.45, 7) is 4.14. The summed E-state index contributed by atoms with van der Waals surface area (Å²) in [7, 11) is -3.54. The predicted molar refractivity (Wildman–Crippen MR) is 77.6 cm³/mol. The van der Waals surface area contributed by atoms with Gasteiger partial charge in [0.1, 0.15) is 0 Å². The molecule has 2 rings (SSSR count). The van der Waals surface area contributed by atoms with Crippen molar-refractivity contribution in [2.45, 2.75) is 37.2 Å². The van der Waals surface area contributed by atoms with Crippen LogP contribution in [-0.4, -0.2) is 37.0 Å². The Hall–Kier alpha value is -0.950. The Kier molecular flexibility index (Phi) is 4.49. The predicted octanol–water partition coefficient (Wildman–Crippen LogP) is 1.10. The molecule has 0 saturated carbocycles. The molecule has 0 spiro atoms. The molecule has 1 heterocycles. The maximum atomic E-state index is 12.6. The van der Waals surface area contributed by atoms with E-state index in [0.29, 0.717) is 6.54 Å².